The molecule has 7 nitrogen and oxygen atoms in total. The van der Waals surface area contributed by atoms with Gasteiger partial charge in [0.05, 0.1) is 17.7 Å². The number of methoxy groups -OCH3 is 1. The Kier molecular flexibility index (Phi) is 7.96. The lowest BCUT2D eigenvalue weighted by Crippen LogP contribution is -2.37. The number of hydrogen-bond donors (Lipinski definition) is 2. The van der Waals surface area contributed by atoms with Crippen LogP contribution < -0.4 is 14.8 Å². The van der Waals surface area contributed by atoms with Crippen molar-refractivity contribution in [3.05, 3.63) is 83.4 Å². The number of amides is 1. The molecule has 3 aromatic carbocycles. The molecule has 1 amide bonds. The molecule has 1 saturated heterocycles. The first kappa shape index (κ1) is 25.7. The van der Waals surface area contributed by atoms with E-state index in [2.05, 4.69) is 46.1 Å². The molecule has 0 radical (unpaired) electrons. The van der Waals surface area contributed by atoms with Crippen molar-refractivity contribution in [3.63, 3.8) is 0 Å². The molecule has 8 heteroatoms. The highest BCUT2D eigenvalue weighted by Gasteiger charge is 2.25. The molecule has 2 N–H and O–H groups in total. The zero-order valence-electron chi connectivity index (χ0n) is 21.0. The van der Waals surface area contributed by atoms with E-state index in [0.29, 0.717) is 17.1 Å². The maximum atomic E-state index is 12.9. The molecule has 0 saturated carbocycles. The third kappa shape index (κ3) is 6.25. The second kappa shape index (κ2) is 11.1. The topological polar surface area (TPSA) is 87.7 Å². The number of nitrogens with one attached hydrogen (secondary N) is 2. The van der Waals surface area contributed by atoms with Crippen LogP contribution in [-0.4, -0.2) is 39.4 Å². The quantitative estimate of drug-likeness (QED) is 0.450. The lowest BCUT2D eigenvalue weighted by Gasteiger charge is -2.31. The Bertz CT molecular complexity index is 1310. The summed E-state index contributed by atoms with van der Waals surface area (Å²) < 4.78 is 33.6. The number of nitrogens with zero attached hydrogens (tertiary/aromatic N) is 1. The smallest absolute Gasteiger partial charge is 0.262 e. The van der Waals surface area contributed by atoms with Gasteiger partial charge in [0.25, 0.3) is 10.0 Å². The lowest BCUT2D eigenvalue weighted by molar-refractivity contribution is -0.121. The van der Waals surface area contributed by atoms with Gasteiger partial charge >= 0.3 is 0 Å². The molecule has 1 fully saturated rings. The van der Waals surface area contributed by atoms with E-state index in [1.807, 2.05) is 13.0 Å². The molecule has 36 heavy (non-hydrogen) atoms. The summed E-state index contributed by atoms with van der Waals surface area (Å²) in [5, 5.41) is 2.95. The van der Waals surface area contributed by atoms with Crippen molar-refractivity contribution in [2.24, 2.45) is 5.92 Å². The Morgan fingerprint density at radius 1 is 1.00 bits per heavy atom. The van der Waals surface area contributed by atoms with Crippen molar-refractivity contribution in [3.8, 4) is 5.75 Å². The Labute approximate surface area is 213 Å². The summed E-state index contributed by atoms with van der Waals surface area (Å²) in [4.78, 5) is 15.3. The minimum Gasteiger partial charge on any atom is -0.495 e. The maximum Gasteiger partial charge on any atom is 0.262 e. The van der Waals surface area contributed by atoms with Crippen LogP contribution in [0.5, 0.6) is 5.75 Å². The molecule has 3 aromatic rings. The number of rotatable bonds is 8. The summed E-state index contributed by atoms with van der Waals surface area (Å²) in [5.74, 6) is 0.360. The predicted molar refractivity (Wildman–Crippen MR) is 143 cm³/mol. The minimum absolute atomic E-state index is 0.0243. The molecule has 190 valence electrons. The summed E-state index contributed by atoms with van der Waals surface area (Å²) in [6, 6.07) is 19.9. The van der Waals surface area contributed by atoms with Crippen molar-refractivity contribution in [1.82, 2.24) is 4.90 Å². The number of aryl methyl sites for hydroxylation is 2. The number of carbonyl (C=O) groups is 1. The van der Waals surface area contributed by atoms with Gasteiger partial charge in [0.15, 0.2) is 0 Å². The summed E-state index contributed by atoms with van der Waals surface area (Å²) in [6.07, 6.45) is 1.60. The molecule has 0 aromatic heterocycles. The van der Waals surface area contributed by atoms with E-state index in [4.69, 9.17) is 4.74 Å². The van der Waals surface area contributed by atoms with Gasteiger partial charge in [0.1, 0.15) is 5.75 Å². The van der Waals surface area contributed by atoms with Gasteiger partial charge in [-0.2, -0.15) is 0 Å². The number of sulfonamides is 1. The van der Waals surface area contributed by atoms with E-state index < -0.39 is 10.0 Å². The maximum absolute atomic E-state index is 12.9. The average Bonchev–Trinajstić information content (AvgIpc) is 2.86. The summed E-state index contributed by atoms with van der Waals surface area (Å²) >= 11 is 0. The average molecular weight is 508 g/mol. The first-order valence-electron chi connectivity index (χ1n) is 12.1. The van der Waals surface area contributed by atoms with Gasteiger partial charge in [-0.05, 0) is 92.9 Å². The number of piperidine rings is 1. The number of carbonyl (C=O) groups excluding carboxylic acids is 1. The Hall–Kier alpha value is -3.36. The van der Waals surface area contributed by atoms with Crippen LogP contribution >= 0.6 is 0 Å². The molecule has 0 aliphatic carbocycles. The van der Waals surface area contributed by atoms with Crippen LogP contribution in [0.4, 0.5) is 11.4 Å². The summed E-state index contributed by atoms with van der Waals surface area (Å²) in [5.41, 5.74) is 4.48. The van der Waals surface area contributed by atoms with E-state index in [1.54, 1.807) is 24.3 Å². The Morgan fingerprint density at radius 2 is 1.69 bits per heavy atom. The van der Waals surface area contributed by atoms with Gasteiger partial charge < -0.3 is 10.1 Å². The molecular formula is C28H33N3O4S. The van der Waals surface area contributed by atoms with E-state index in [1.165, 1.54) is 30.4 Å². The molecule has 1 aliphatic heterocycles. The zero-order chi connectivity index (χ0) is 25.7. The van der Waals surface area contributed by atoms with Crippen LogP contribution in [0.2, 0.25) is 0 Å². The largest absolute Gasteiger partial charge is 0.495 e. The van der Waals surface area contributed by atoms with E-state index in [0.717, 1.165) is 38.0 Å². The van der Waals surface area contributed by atoms with Crippen LogP contribution in [-0.2, 0) is 21.4 Å². The predicted octanol–water partition coefficient (Wildman–Crippen LogP) is 4.96. The van der Waals surface area contributed by atoms with Crippen molar-refractivity contribution in [2.75, 3.05) is 30.2 Å². The van der Waals surface area contributed by atoms with Crippen molar-refractivity contribution in [1.29, 1.82) is 0 Å². The third-order valence-corrected chi connectivity index (χ3v) is 8.03. The van der Waals surface area contributed by atoms with Crippen molar-refractivity contribution in [2.45, 2.75) is 38.1 Å². The molecule has 0 bridgehead atoms. The Balaban J connectivity index is 1.33. The van der Waals surface area contributed by atoms with Gasteiger partial charge in [-0.3, -0.25) is 14.4 Å². The van der Waals surface area contributed by atoms with Crippen LogP contribution in [0.15, 0.2) is 71.6 Å². The van der Waals surface area contributed by atoms with E-state index in [9.17, 15) is 13.2 Å². The van der Waals surface area contributed by atoms with Gasteiger partial charge in [-0.15, -0.1) is 0 Å². The molecule has 4 rings (SSSR count). The highest BCUT2D eigenvalue weighted by molar-refractivity contribution is 7.92. The number of benzene rings is 3. The molecule has 0 unspecified atom stereocenters. The van der Waals surface area contributed by atoms with Gasteiger partial charge in [0, 0.05) is 18.2 Å². The highest BCUT2D eigenvalue weighted by Crippen LogP contribution is 2.28. The monoisotopic (exact) mass is 507 g/mol. The van der Waals surface area contributed by atoms with Crippen LogP contribution in [0.1, 0.15) is 29.5 Å². The van der Waals surface area contributed by atoms with Gasteiger partial charge in [-0.25, -0.2) is 8.42 Å². The molecule has 1 aliphatic rings. The van der Waals surface area contributed by atoms with Crippen molar-refractivity contribution >= 4 is 27.3 Å². The Morgan fingerprint density at radius 3 is 2.36 bits per heavy atom. The van der Waals surface area contributed by atoms with E-state index >= 15 is 0 Å². The molecule has 0 spiro atoms. The lowest BCUT2D eigenvalue weighted by atomic mass is 9.95. The zero-order valence-corrected chi connectivity index (χ0v) is 21.8. The van der Waals surface area contributed by atoms with Crippen LogP contribution in [0.3, 0.4) is 0 Å². The molecule has 1 heterocycles. The number of anilines is 2. The SMILES string of the molecule is COc1ccc(C)cc1NS(=O)(=O)c1ccc(NC(=O)C2CCN(Cc3ccccc3C)CC2)cc1. The molecule has 0 atom stereocenters. The standard InChI is InChI=1S/C28H33N3O4S/c1-20-8-13-27(35-3)26(18-20)30-36(33,34)25-11-9-24(10-12-25)29-28(32)22-14-16-31(17-15-22)19-23-7-5-4-6-21(23)2/h4-13,18,22,30H,14-17,19H2,1-3H3,(H,29,32). The number of likely N-dealkylation sites (tertiary alicyclic amines) is 1. The van der Waals surface area contributed by atoms with Gasteiger partial charge in [-0.1, -0.05) is 30.3 Å². The number of ether oxygens (including phenoxy) is 1. The first-order chi connectivity index (χ1) is 17.2. The fourth-order valence-corrected chi connectivity index (χ4v) is 5.51. The van der Waals surface area contributed by atoms with Crippen LogP contribution in [0.25, 0.3) is 0 Å². The second-order valence-corrected chi connectivity index (χ2v) is 11.0. The first-order valence-corrected chi connectivity index (χ1v) is 13.6. The normalized spacial score (nSPS) is 14.9. The fraction of sp³-hybridized carbons (Fsp3) is 0.321. The molecular weight excluding hydrogens is 474 g/mol. The summed E-state index contributed by atoms with van der Waals surface area (Å²) in [6.45, 7) is 6.65. The summed E-state index contributed by atoms with van der Waals surface area (Å²) in [7, 11) is -2.32. The number of hydrogen-bond acceptors (Lipinski definition) is 5. The highest BCUT2D eigenvalue weighted by atomic mass is 32.2. The minimum atomic E-state index is -3.81. The van der Waals surface area contributed by atoms with Gasteiger partial charge in [0.2, 0.25) is 5.91 Å². The van der Waals surface area contributed by atoms with Crippen molar-refractivity contribution < 1.29 is 17.9 Å². The second-order valence-electron chi connectivity index (χ2n) is 9.30. The van der Waals surface area contributed by atoms with Crippen LogP contribution in [0, 0.1) is 19.8 Å². The third-order valence-electron chi connectivity index (χ3n) is 6.65. The fourth-order valence-electron chi connectivity index (χ4n) is 4.45. The van der Waals surface area contributed by atoms with E-state index in [-0.39, 0.29) is 16.7 Å².